The van der Waals surface area contributed by atoms with E-state index in [4.69, 9.17) is 0 Å². The summed E-state index contributed by atoms with van der Waals surface area (Å²) < 4.78 is 0. The standard InChI is InChI=1S/C16H31N3O/c1-3-16(8-7-9-18-16)15(20)17-12-14(2)13-19-10-5-4-6-11-19/h14,18H,3-13H2,1-2H3,(H,17,20). The number of hydrogen-bond acceptors (Lipinski definition) is 3. The first-order valence-electron chi connectivity index (χ1n) is 8.42. The van der Waals surface area contributed by atoms with Crippen LogP contribution in [-0.2, 0) is 4.79 Å². The summed E-state index contributed by atoms with van der Waals surface area (Å²) in [6, 6.07) is 0. The lowest BCUT2D eigenvalue weighted by Crippen LogP contribution is -2.54. The molecule has 2 aliphatic rings. The Morgan fingerprint density at radius 1 is 1.30 bits per heavy atom. The molecule has 4 heteroatoms. The summed E-state index contributed by atoms with van der Waals surface area (Å²) in [6.45, 7) is 9.72. The summed E-state index contributed by atoms with van der Waals surface area (Å²) in [5.74, 6) is 0.746. The summed E-state index contributed by atoms with van der Waals surface area (Å²) in [7, 11) is 0. The van der Waals surface area contributed by atoms with E-state index in [1.807, 2.05) is 0 Å². The molecule has 4 nitrogen and oxygen atoms in total. The lowest BCUT2D eigenvalue weighted by atomic mass is 9.93. The normalized spacial score (nSPS) is 29.3. The minimum absolute atomic E-state index is 0.211. The van der Waals surface area contributed by atoms with Gasteiger partial charge in [0.2, 0.25) is 5.91 Å². The second-order valence-corrected chi connectivity index (χ2v) is 6.64. The fourth-order valence-electron chi connectivity index (χ4n) is 3.55. The number of nitrogens with one attached hydrogen (secondary N) is 2. The predicted octanol–water partition coefficient (Wildman–Crippen LogP) is 1.76. The number of carbonyl (C=O) groups excluding carboxylic acids is 1. The number of piperidine rings is 1. The van der Waals surface area contributed by atoms with Crippen molar-refractivity contribution in [3.63, 3.8) is 0 Å². The fraction of sp³-hybridized carbons (Fsp3) is 0.938. The Morgan fingerprint density at radius 2 is 2.05 bits per heavy atom. The SMILES string of the molecule is CCC1(C(=O)NCC(C)CN2CCCCC2)CCCN1. The predicted molar refractivity (Wildman–Crippen MR) is 82.7 cm³/mol. The van der Waals surface area contributed by atoms with E-state index in [1.54, 1.807) is 0 Å². The van der Waals surface area contributed by atoms with Crippen molar-refractivity contribution in [2.75, 3.05) is 32.7 Å². The summed E-state index contributed by atoms with van der Waals surface area (Å²) in [6.07, 6.45) is 7.04. The molecular weight excluding hydrogens is 250 g/mol. The average Bonchev–Trinajstić information content (AvgIpc) is 2.96. The maximum absolute atomic E-state index is 12.4. The Hall–Kier alpha value is -0.610. The molecule has 2 fully saturated rings. The molecule has 0 aromatic rings. The second-order valence-electron chi connectivity index (χ2n) is 6.64. The van der Waals surface area contributed by atoms with Crippen LogP contribution in [0, 0.1) is 5.92 Å². The molecule has 0 spiro atoms. The second kappa shape index (κ2) is 7.41. The monoisotopic (exact) mass is 281 g/mol. The highest BCUT2D eigenvalue weighted by molar-refractivity contribution is 5.86. The molecule has 2 saturated heterocycles. The van der Waals surface area contributed by atoms with Crippen molar-refractivity contribution >= 4 is 5.91 Å². The third-order valence-corrected chi connectivity index (χ3v) is 4.91. The molecule has 116 valence electrons. The van der Waals surface area contributed by atoms with Crippen molar-refractivity contribution in [1.29, 1.82) is 0 Å². The van der Waals surface area contributed by atoms with Crippen LogP contribution in [0.15, 0.2) is 0 Å². The van der Waals surface area contributed by atoms with Crippen molar-refractivity contribution in [3.05, 3.63) is 0 Å². The Labute approximate surface area is 123 Å². The molecule has 2 heterocycles. The summed E-state index contributed by atoms with van der Waals surface area (Å²) in [5, 5.41) is 6.58. The first kappa shape index (κ1) is 15.8. The third-order valence-electron chi connectivity index (χ3n) is 4.91. The lowest BCUT2D eigenvalue weighted by Gasteiger charge is -2.30. The molecule has 0 radical (unpaired) electrons. The van der Waals surface area contributed by atoms with Gasteiger partial charge in [-0.3, -0.25) is 4.79 Å². The van der Waals surface area contributed by atoms with Gasteiger partial charge in [-0.1, -0.05) is 20.3 Å². The zero-order valence-corrected chi connectivity index (χ0v) is 13.2. The molecule has 2 unspecified atom stereocenters. The van der Waals surface area contributed by atoms with E-state index < -0.39 is 0 Å². The Bertz CT molecular complexity index is 307. The van der Waals surface area contributed by atoms with Gasteiger partial charge in [-0.15, -0.1) is 0 Å². The van der Waals surface area contributed by atoms with Gasteiger partial charge in [-0.2, -0.15) is 0 Å². The van der Waals surface area contributed by atoms with Crippen LogP contribution in [0.25, 0.3) is 0 Å². The van der Waals surface area contributed by atoms with Gasteiger partial charge < -0.3 is 15.5 Å². The first-order chi connectivity index (χ1) is 9.66. The van der Waals surface area contributed by atoms with Crippen LogP contribution in [0.4, 0.5) is 0 Å². The van der Waals surface area contributed by atoms with Crippen molar-refractivity contribution in [2.24, 2.45) is 5.92 Å². The van der Waals surface area contributed by atoms with E-state index in [-0.39, 0.29) is 11.4 Å². The van der Waals surface area contributed by atoms with Crippen molar-refractivity contribution in [2.45, 2.75) is 57.9 Å². The Morgan fingerprint density at radius 3 is 2.65 bits per heavy atom. The molecule has 0 aromatic carbocycles. The molecular formula is C16H31N3O. The Kier molecular flexibility index (Phi) is 5.85. The first-order valence-corrected chi connectivity index (χ1v) is 8.42. The molecule has 0 bridgehead atoms. The van der Waals surface area contributed by atoms with Crippen LogP contribution in [0.2, 0.25) is 0 Å². The van der Waals surface area contributed by atoms with Gasteiger partial charge >= 0.3 is 0 Å². The number of nitrogens with zero attached hydrogens (tertiary/aromatic N) is 1. The third kappa shape index (κ3) is 3.95. The zero-order chi connectivity index (χ0) is 14.4. The molecule has 0 aliphatic carbocycles. The van der Waals surface area contributed by atoms with Crippen molar-refractivity contribution in [3.8, 4) is 0 Å². The van der Waals surface area contributed by atoms with Crippen LogP contribution in [-0.4, -0.2) is 49.1 Å². The summed E-state index contributed by atoms with van der Waals surface area (Å²) >= 11 is 0. The van der Waals surface area contributed by atoms with Crippen LogP contribution < -0.4 is 10.6 Å². The van der Waals surface area contributed by atoms with Gasteiger partial charge in [0.05, 0.1) is 5.54 Å². The number of rotatable bonds is 6. The average molecular weight is 281 g/mol. The minimum Gasteiger partial charge on any atom is -0.354 e. The quantitative estimate of drug-likeness (QED) is 0.780. The van der Waals surface area contributed by atoms with Gasteiger partial charge in [0.25, 0.3) is 0 Å². The van der Waals surface area contributed by atoms with Gasteiger partial charge in [0.15, 0.2) is 0 Å². The van der Waals surface area contributed by atoms with E-state index in [2.05, 4.69) is 29.4 Å². The number of amides is 1. The Balaban J connectivity index is 1.72. The van der Waals surface area contributed by atoms with Crippen LogP contribution >= 0.6 is 0 Å². The maximum atomic E-state index is 12.4. The van der Waals surface area contributed by atoms with E-state index in [9.17, 15) is 4.79 Å². The van der Waals surface area contributed by atoms with Gasteiger partial charge in [0, 0.05) is 13.1 Å². The molecule has 0 aromatic heterocycles. The zero-order valence-electron chi connectivity index (χ0n) is 13.2. The maximum Gasteiger partial charge on any atom is 0.240 e. The van der Waals surface area contributed by atoms with Crippen LogP contribution in [0.3, 0.4) is 0 Å². The highest BCUT2D eigenvalue weighted by Gasteiger charge is 2.38. The fourth-order valence-corrected chi connectivity index (χ4v) is 3.55. The molecule has 2 rings (SSSR count). The summed E-state index contributed by atoms with van der Waals surface area (Å²) in [4.78, 5) is 15.0. The van der Waals surface area contributed by atoms with E-state index in [1.165, 1.54) is 32.4 Å². The van der Waals surface area contributed by atoms with Crippen LogP contribution in [0.1, 0.15) is 52.4 Å². The molecule has 20 heavy (non-hydrogen) atoms. The lowest BCUT2D eigenvalue weighted by molar-refractivity contribution is -0.127. The smallest absolute Gasteiger partial charge is 0.240 e. The molecule has 1 amide bonds. The van der Waals surface area contributed by atoms with E-state index in [0.717, 1.165) is 38.9 Å². The highest BCUT2D eigenvalue weighted by atomic mass is 16.2. The van der Waals surface area contributed by atoms with Gasteiger partial charge in [-0.25, -0.2) is 0 Å². The minimum atomic E-state index is -0.287. The van der Waals surface area contributed by atoms with Crippen molar-refractivity contribution < 1.29 is 4.79 Å². The molecule has 0 saturated carbocycles. The van der Waals surface area contributed by atoms with Crippen molar-refractivity contribution in [1.82, 2.24) is 15.5 Å². The number of carbonyl (C=O) groups is 1. The molecule has 2 atom stereocenters. The number of likely N-dealkylation sites (tertiary alicyclic amines) is 1. The van der Waals surface area contributed by atoms with E-state index >= 15 is 0 Å². The largest absolute Gasteiger partial charge is 0.354 e. The van der Waals surface area contributed by atoms with E-state index in [0.29, 0.717) is 5.92 Å². The van der Waals surface area contributed by atoms with Crippen LogP contribution in [0.5, 0.6) is 0 Å². The molecule has 2 aliphatic heterocycles. The summed E-state index contributed by atoms with van der Waals surface area (Å²) in [5.41, 5.74) is -0.287. The highest BCUT2D eigenvalue weighted by Crippen LogP contribution is 2.23. The molecule has 2 N–H and O–H groups in total. The van der Waals surface area contributed by atoms with Gasteiger partial charge in [0.1, 0.15) is 0 Å². The van der Waals surface area contributed by atoms with Gasteiger partial charge in [-0.05, 0) is 57.7 Å². The number of hydrogen-bond donors (Lipinski definition) is 2. The topological polar surface area (TPSA) is 44.4 Å².